The van der Waals surface area contributed by atoms with Gasteiger partial charge in [-0.1, -0.05) is 23.7 Å². The number of nitrogens with zero attached hydrogens (tertiary/aromatic N) is 4. The topological polar surface area (TPSA) is 107 Å². The highest BCUT2D eigenvalue weighted by atomic mass is 16.6. The number of carbonyl (C=O) groups is 1. The summed E-state index contributed by atoms with van der Waals surface area (Å²) in [6.45, 7) is 7.25. The molecule has 2 atom stereocenters. The summed E-state index contributed by atoms with van der Waals surface area (Å²) in [6, 6.07) is 6.38. The molecule has 2 aliphatic heterocycles. The monoisotopic (exact) mass is 456 g/mol. The quantitative estimate of drug-likeness (QED) is 0.182. The minimum atomic E-state index is -0.486. The number of piperidine rings is 1. The zero-order chi connectivity index (χ0) is 23.8. The molecule has 178 valence electrons. The number of nitro benzene ring substituents is 1. The molecule has 2 aliphatic rings. The van der Waals surface area contributed by atoms with E-state index in [-0.39, 0.29) is 11.6 Å². The smallest absolute Gasteiger partial charge is 0.336 e. The summed E-state index contributed by atoms with van der Waals surface area (Å²) in [5, 5.41) is 15.5. The molecule has 33 heavy (non-hydrogen) atoms. The van der Waals surface area contributed by atoms with Crippen LogP contribution in [0.25, 0.3) is 0 Å². The second-order valence-corrected chi connectivity index (χ2v) is 8.44. The lowest BCUT2D eigenvalue weighted by Crippen LogP contribution is -2.32. The minimum absolute atomic E-state index is 0.0250. The van der Waals surface area contributed by atoms with E-state index in [9.17, 15) is 14.9 Å². The molecule has 3 rings (SSSR count). The first-order valence-corrected chi connectivity index (χ1v) is 11.4. The third kappa shape index (κ3) is 6.25. The molecule has 9 heteroatoms. The highest BCUT2D eigenvalue weighted by Gasteiger charge is 2.37. The van der Waals surface area contributed by atoms with Crippen molar-refractivity contribution in [2.24, 2.45) is 16.1 Å². The van der Waals surface area contributed by atoms with Crippen LogP contribution in [0, 0.1) is 16.0 Å². The average molecular weight is 457 g/mol. The van der Waals surface area contributed by atoms with Crippen molar-refractivity contribution in [1.82, 2.24) is 4.90 Å². The van der Waals surface area contributed by atoms with Crippen molar-refractivity contribution in [3.05, 3.63) is 51.2 Å². The summed E-state index contributed by atoms with van der Waals surface area (Å²) >= 11 is 0. The van der Waals surface area contributed by atoms with Crippen molar-refractivity contribution in [3.63, 3.8) is 0 Å². The third-order valence-corrected chi connectivity index (χ3v) is 6.29. The van der Waals surface area contributed by atoms with E-state index >= 15 is 0 Å². The number of hydrogen-bond acceptors (Lipinski definition) is 8. The molecule has 2 heterocycles. The molecule has 0 amide bonds. The van der Waals surface area contributed by atoms with Gasteiger partial charge in [-0.15, -0.1) is 0 Å². The Morgan fingerprint density at radius 1 is 1.30 bits per heavy atom. The lowest BCUT2D eigenvalue weighted by molar-refractivity contribution is -0.384. The Bertz CT molecular complexity index is 950. The predicted octanol–water partition coefficient (Wildman–Crippen LogP) is 4.09. The first-order valence-electron chi connectivity index (χ1n) is 11.4. The van der Waals surface area contributed by atoms with Crippen molar-refractivity contribution in [2.45, 2.75) is 45.4 Å². The average Bonchev–Trinajstić information content (AvgIpc) is 2.82. The Kier molecular flexibility index (Phi) is 8.71. The van der Waals surface area contributed by atoms with Crippen LogP contribution in [0.1, 0.15) is 51.0 Å². The highest BCUT2D eigenvalue weighted by Crippen LogP contribution is 2.41. The molecule has 0 saturated carbocycles. The summed E-state index contributed by atoms with van der Waals surface area (Å²) in [6.07, 6.45) is 5.93. The van der Waals surface area contributed by atoms with Gasteiger partial charge in [0.2, 0.25) is 0 Å². The fourth-order valence-corrected chi connectivity index (χ4v) is 4.61. The van der Waals surface area contributed by atoms with E-state index in [1.807, 2.05) is 6.92 Å². The molecule has 1 aromatic rings. The SMILES string of the molecule is COC(=O)C1=C(C)N=C(C)C(C/C=N/OCCN2CCCCC2)C1c1cccc([N+](=O)[O-])c1. The second-order valence-electron chi connectivity index (χ2n) is 8.44. The number of likely N-dealkylation sites (tertiary alicyclic amines) is 1. The van der Waals surface area contributed by atoms with Crippen LogP contribution in [-0.2, 0) is 14.4 Å². The molecule has 2 unspecified atom stereocenters. The fourth-order valence-electron chi connectivity index (χ4n) is 4.61. The van der Waals surface area contributed by atoms with E-state index in [1.54, 1.807) is 25.3 Å². The van der Waals surface area contributed by atoms with Gasteiger partial charge in [0.25, 0.3) is 5.69 Å². The van der Waals surface area contributed by atoms with E-state index in [4.69, 9.17) is 9.57 Å². The molecule has 0 aliphatic carbocycles. The van der Waals surface area contributed by atoms with Crippen molar-refractivity contribution in [2.75, 3.05) is 33.4 Å². The van der Waals surface area contributed by atoms with E-state index < -0.39 is 16.8 Å². The van der Waals surface area contributed by atoms with Gasteiger partial charge in [0, 0.05) is 48.1 Å². The summed E-state index contributed by atoms with van der Waals surface area (Å²) in [5.41, 5.74) is 2.44. The van der Waals surface area contributed by atoms with E-state index in [0.717, 1.165) is 25.3 Å². The summed E-state index contributed by atoms with van der Waals surface area (Å²) < 4.78 is 5.03. The van der Waals surface area contributed by atoms with Crippen LogP contribution in [0.3, 0.4) is 0 Å². The number of carbonyl (C=O) groups excluding carboxylic acids is 1. The summed E-state index contributed by atoms with van der Waals surface area (Å²) in [7, 11) is 1.32. The van der Waals surface area contributed by atoms with Gasteiger partial charge in [0.15, 0.2) is 0 Å². The van der Waals surface area contributed by atoms with Crippen LogP contribution in [0.5, 0.6) is 0 Å². The minimum Gasteiger partial charge on any atom is -0.466 e. The van der Waals surface area contributed by atoms with Gasteiger partial charge in [0.1, 0.15) is 6.61 Å². The number of hydrogen-bond donors (Lipinski definition) is 0. The molecule has 1 fully saturated rings. The van der Waals surface area contributed by atoms with E-state index in [2.05, 4.69) is 15.0 Å². The Morgan fingerprint density at radius 2 is 2.06 bits per heavy atom. The number of esters is 1. The maximum atomic E-state index is 12.7. The van der Waals surface area contributed by atoms with Gasteiger partial charge in [-0.05, 0) is 51.8 Å². The van der Waals surface area contributed by atoms with Crippen LogP contribution >= 0.6 is 0 Å². The molecule has 9 nitrogen and oxygen atoms in total. The van der Waals surface area contributed by atoms with Gasteiger partial charge < -0.3 is 9.57 Å². The number of ether oxygens (including phenoxy) is 1. The van der Waals surface area contributed by atoms with Gasteiger partial charge in [0.05, 0.1) is 17.6 Å². The second kappa shape index (κ2) is 11.7. The zero-order valence-corrected chi connectivity index (χ0v) is 19.5. The van der Waals surface area contributed by atoms with Gasteiger partial charge >= 0.3 is 5.97 Å². The lowest BCUT2D eigenvalue weighted by Gasteiger charge is -2.32. The zero-order valence-electron chi connectivity index (χ0n) is 19.5. The molecular formula is C24H32N4O5. The standard InChI is InChI=1S/C24H32N4O5/c1-17-21(10-11-25-33-15-14-27-12-5-4-6-13-27)23(22(18(2)26-17)24(29)32-3)19-8-7-9-20(16-19)28(30)31/h7-9,11,16,21,23H,4-6,10,12-15H2,1-3H3/b25-11+. The first-order chi connectivity index (χ1) is 15.9. The number of rotatable bonds is 9. The van der Waals surface area contributed by atoms with Crippen molar-refractivity contribution >= 4 is 23.6 Å². The van der Waals surface area contributed by atoms with Crippen LogP contribution in [-0.4, -0.2) is 61.1 Å². The predicted molar refractivity (Wildman–Crippen MR) is 127 cm³/mol. The molecular weight excluding hydrogens is 424 g/mol. The number of non-ortho nitro benzene ring substituents is 1. The Labute approximate surface area is 194 Å². The Hall–Kier alpha value is -3.07. The lowest BCUT2D eigenvalue weighted by atomic mass is 9.74. The summed E-state index contributed by atoms with van der Waals surface area (Å²) in [5.74, 6) is -1.13. The highest BCUT2D eigenvalue weighted by molar-refractivity contribution is 5.98. The fraction of sp³-hybridized carbons (Fsp3) is 0.542. The molecule has 0 N–H and O–H groups in total. The van der Waals surface area contributed by atoms with Crippen molar-refractivity contribution in [1.29, 1.82) is 0 Å². The van der Waals surface area contributed by atoms with Crippen LogP contribution in [0.15, 0.2) is 45.7 Å². The number of nitro groups is 1. The molecule has 0 aromatic heterocycles. The molecule has 1 aromatic carbocycles. The Morgan fingerprint density at radius 3 is 2.76 bits per heavy atom. The van der Waals surface area contributed by atoms with Gasteiger partial charge in [-0.2, -0.15) is 0 Å². The van der Waals surface area contributed by atoms with Crippen molar-refractivity contribution in [3.8, 4) is 0 Å². The van der Waals surface area contributed by atoms with E-state index in [0.29, 0.717) is 29.9 Å². The summed E-state index contributed by atoms with van der Waals surface area (Å²) in [4.78, 5) is 36.0. The normalized spacial score (nSPS) is 21.7. The van der Waals surface area contributed by atoms with Crippen LogP contribution in [0.2, 0.25) is 0 Å². The molecule has 0 radical (unpaired) electrons. The van der Waals surface area contributed by atoms with Crippen LogP contribution < -0.4 is 0 Å². The number of aliphatic imine (C=N–C) groups is 1. The maximum Gasteiger partial charge on any atom is 0.336 e. The molecule has 1 saturated heterocycles. The number of oxime groups is 1. The largest absolute Gasteiger partial charge is 0.466 e. The van der Waals surface area contributed by atoms with Crippen LogP contribution in [0.4, 0.5) is 5.69 Å². The van der Waals surface area contributed by atoms with Gasteiger partial charge in [-0.3, -0.25) is 20.0 Å². The van der Waals surface area contributed by atoms with E-state index in [1.165, 1.54) is 38.5 Å². The number of methoxy groups -OCH3 is 1. The third-order valence-electron chi connectivity index (χ3n) is 6.29. The first kappa shape index (κ1) is 24.6. The maximum absolute atomic E-state index is 12.7. The van der Waals surface area contributed by atoms with Crippen molar-refractivity contribution < 1.29 is 19.3 Å². The molecule has 0 bridgehead atoms. The van der Waals surface area contributed by atoms with Gasteiger partial charge in [-0.25, -0.2) is 4.79 Å². The number of allylic oxidation sites excluding steroid dienone is 1. The molecule has 0 spiro atoms. The number of benzene rings is 1. The Balaban J connectivity index is 1.76.